The summed E-state index contributed by atoms with van der Waals surface area (Å²) in [7, 11) is 0. The SMILES string of the molecule is CC1(C)CCCN(c2c(F)cccc2/C=C/C(=O)O)C1. The fraction of sp³-hybridized carbons (Fsp3) is 0.438. The van der Waals surface area contributed by atoms with Crippen molar-refractivity contribution in [2.75, 3.05) is 18.0 Å². The molecule has 0 saturated carbocycles. The van der Waals surface area contributed by atoms with Crippen LogP contribution in [0.5, 0.6) is 0 Å². The van der Waals surface area contributed by atoms with Gasteiger partial charge in [0.1, 0.15) is 5.82 Å². The van der Waals surface area contributed by atoms with E-state index in [4.69, 9.17) is 5.11 Å². The molecule has 1 heterocycles. The van der Waals surface area contributed by atoms with Crippen LogP contribution in [0.4, 0.5) is 10.1 Å². The van der Waals surface area contributed by atoms with Crippen LogP contribution in [-0.4, -0.2) is 24.2 Å². The number of hydrogen-bond donors (Lipinski definition) is 1. The van der Waals surface area contributed by atoms with Crippen molar-refractivity contribution in [1.29, 1.82) is 0 Å². The van der Waals surface area contributed by atoms with Crippen LogP contribution in [0.1, 0.15) is 32.3 Å². The molecule has 0 bridgehead atoms. The molecule has 0 radical (unpaired) electrons. The molecule has 2 rings (SSSR count). The van der Waals surface area contributed by atoms with Gasteiger partial charge in [0.15, 0.2) is 0 Å². The van der Waals surface area contributed by atoms with E-state index in [1.807, 2.05) is 4.90 Å². The standard InChI is InChI=1S/C16H20FNO2/c1-16(2)9-4-10-18(11-16)15-12(7-8-14(19)20)5-3-6-13(15)17/h3,5-8H,4,9-11H2,1-2H3,(H,19,20)/b8-7+. The average molecular weight is 277 g/mol. The third-order valence-electron chi connectivity index (χ3n) is 3.64. The van der Waals surface area contributed by atoms with Crippen LogP contribution in [-0.2, 0) is 4.79 Å². The third-order valence-corrected chi connectivity index (χ3v) is 3.64. The van der Waals surface area contributed by atoms with Crippen molar-refractivity contribution in [2.45, 2.75) is 26.7 Å². The first-order valence-corrected chi connectivity index (χ1v) is 6.83. The Labute approximate surface area is 118 Å². The highest BCUT2D eigenvalue weighted by Crippen LogP contribution is 2.34. The highest BCUT2D eigenvalue weighted by molar-refractivity contribution is 5.87. The molecule has 3 nitrogen and oxygen atoms in total. The van der Waals surface area contributed by atoms with Gasteiger partial charge in [-0.05, 0) is 30.4 Å². The van der Waals surface area contributed by atoms with E-state index in [0.717, 1.165) is 32.0 Å². The molecule has 1 aliphatic heterocycles. The second kappa shape index (κ2) is 5.65. The lowest BCUT2D eigenvalue weighted by Crippen LogP contribution is -2.40. The molecule has 108 valence electrons. The number of anilines is 1. The van der Waals surface area contributed by atoms with Crippen molar-refractivity contribution < 1.29 is 14.3 Å². The van der Waals surface area contributed by atoms with Gasteiger partial charge in [0.2, 0.25) is 0 Å². The number of aliphatic carboxylic acids is 1. The van der Waals surface area contributed by atoms with Crippen molar-refractivity contribution in [2.24, 2.45) is 5.41 Å². The van der Waals surface area contributed by atoms with E-state index in [1.54, 1.807) is 12.1 Å². The molecule has 0 spiro atoms. The molecule has 4 heteroatoms. The maximum atomic E-state index is 14.2. The summed E-state index contributed by atoms with van der Waals surface area (Å²) in [6.45, 7) is 5.93. The molecular weight excluding hydrogens is 257 g/mol. The minimum Gasteiger partial charge on any atom is -0.478 e. The van der Waals surface area contributed by atoms with Gasteiger partial charge in [-0.25, -0.2) is 9.18 Å². The average Bonchev–Trinajstić information content (AvgIpc) is 2.35. The predicted octanol–water partition coefficient (Wildman–Crippen LogP) is 3.55. The van der Waals surface area contributed by atoms with Crippen molar-refractivity contribution in [3.63, 3.8) is 0 Å². The van der Waals surface area contributed by atoms with Gasteiger partial charge in [-0.15, -0.1) is 0 Å². The van der Waals surface area contributed by atoms with Crippen LogP contribution in [0.15, 0.2) is 24.3 Å². The summed E-state index contributed by atoms with van der Waals surface area (Å²) < 4.78 is 14.2. The van der Waals surface area contributed by atoms with E-state index >= 15 is 0 Å². The normalized spacial score (nSPS) is 18.4. The smallest absolute Gasteiger partial charge is 0.328 e. The summed E-state index contributed by atoms with van der Waals surface area (Å²) in [6, 6.07) is 4.78. The minimum absolute atomic E-state index is 0.147. The fourth-order valence-corrected chi connectivity index (χ4v) is 2.78. The first kappa shape index (κ1) is 14.6. The van der Waals surface area contributed by atoms with Gasteiger partial charge >= 0.3 is 5.97 Å². The maximum Gasteiger partial charge on any atom is 0.328 e. The van der Waals surface area contributed by atoms with Crippen LogP contribution >= 0.6 is 0 Å². The first-order valence-electron chi connectivity index (χ1n) is 6.83. The van der Waals surface area contributed by atoms with Gasteiger partial charge in [0.05, 0.1) is 5.69 Å². The maximum absolute atomic E-state index is 14.2. The largest absolute Gasteiger partial charge is 0.478 e. The number of carboxylic acid groups (broad SMARTS) is 1. The van der Waals surface area contributed by atoms with Gasteiger partial charge in [-0.3, -0.25) is 0 Å². The minimum atomic E-state index is -1.03. The zero-order chi connectivity index (χ0) is 14.8. The Bertz CT molecular complexity index is 537. The molecule has 1 fully saturated rings. The monoisotopic (exact) mass is 277 g/mol. The molecular formula is C16H20FNO2. The number of piperidine rings is 1. The van der Waals surface area contributed by atoms with Gasteiger partial charge in [-0.2, -0.15) is 0 Å². The van der Waals surface area contributed by atoms with Crippen LogP contribution in [0.2, 0.25) is 0 Å². The van der Waals surface area contributed by atoms with Crippen molar-refractivity contribution in [1.82, 2.24) is 0 Å². The summed E-state index contributed by atoms with van der Waals surface area (Å²) in [5, 5.41) is 8.73. The van der Waals surface area contributed by atoms with Crippen molar-refractivity contribution in [3.05, 3.63) is 35.7 Å². The van der Waals surface area contributed by atoms with Crippen LogP contribution in [0, 0.1) is 11.2 Å². The second-order valence-corrected chi connectivity index (χ2v) is 6.04. The summed E-state index contributed by atoms with van der Waals surface area (Å²) in [5.41, 5.74) is 1.27. The number of hydrogen-bond acceptors (Lipinski definition) is 2. The molecule has 1 saturated heterocycles. The first-order chi connectivity index (χ1) is 9.39. The Morgan fingerprint density at radius 1 is 1.45 bits per heavy atom. The quantitative estimate of drug-likeness (QED) is 0.859. The predicted molar refractivity (Wildman–Crippen MR) is 78.3 cm³/mol. The molecule has 0 amide bonds. The molecule has 0 atom stereocenters. The van der Waals surface area contributed by atoms with Gasteiger partial charge in [0.25, 0.3) is 0 Å². The van der Waals surface area contributed by atoms with E-state index in [9.17, 15) is 9.18 Å². The molecule has 0 unspecified atom stereocenters. The fourth-order valence-electron chi connectivity index (χ4n) is 2.78. The summed E-state index contributed by atoms with van der Waals surface area (Å²) in [5.74, 6) is -1.32. The van der Waals surface area contributed by atoms with E-state index < -0.39 is 5.97 Å². The number of carboxylic acids is 1. The Hall–Kier alpha value is -1.84. The molecule has 0 aliphatic carbocycles. The molecule has 0 aromatic heterocycles. The van der Waals surface area contributed by atoms with Crippen molar-refractivity contribution >= 4 is 17.7 Å². The number of para-hydroxylation sites is 1. The number of halogens is 1. The number of nitrogens with zero attached hydrogens (tertiary/aromatic N) is 1. The van der Waals surface area contributed by atoms with E-state index in [0.29, 0.717) is 11.3 Å². The molecule has 1 aliphatic rings. The third kappa shape index (κ3) is 3.38. The van der Waals surface area contributed by atoms with Gasteiger partial charge in [-0.1, -0.05) is 26.0 Å². The zero-order valence-corrected chi connectivity index (χ0v) is 11.9. The Morgan fingerprint density at radius 3 is 2.85 bits per heavy atom. The van der Waals surface area contributed by atoms with Gasteiger partial charge in [0, 0.05) is 24.7 Å². The van der Waals surface area contributed by atoms with Gasteiger partial charge < -0.3 is 10.0 Å². The van der Waals surface area contributed by atoms with Crippen LogP contribution in [0.3, 0.4) is 0 Å². The Morgan fingerprint density at radius 2 is 2.20 bits per heavy atom. The molecule has 1 aromatic rings. The van der Waals surface area contributed by atoms with E-state index in [1.165, 1.54) is 12.1 Å². The van der Waals surface area contributed by atoms with Crippen molar-refractivity contribution in [3.8, 4) is 0 Å². The topological polar surface area (TPSA) is 40.5 Å². The second-order valence-electron chi connectivity index (χ2n) is 6.04. The highest BCUT2D eigenvalue weighted by atomic mass is 19.1. The molecule has 1 N–H and O–H groups in total. The van der Waals surface area contributed by atoms with E-state index in [2.05, 4.69) is 13.8 Å². The van der Waals surface area contributed by atoms with E-state index in [-0.39, 0.29) is 11.2 Å². The molecule has 1 aromatic carbocycles. The number of benzene rings is 1. The molecule has 20 heavy (non-hydrogen) atoms. The Kier molecular flexibility index (Phi) is 4.12. The lowest BCUT2D eigenvalue weighted by atomic mass is 9.84. The number of carbonyl (C=O) groups is 1. The number of rotatable bonds is 3. The summed E-state index contributed by atoms with van der Waals surface area (Å²) in [4.78, 5) is 12.7. The zero-order valence-electron chi connectivity index (χ0n) is 11.9. The van der Waals surface area contributed by atoms with Crippen LogP contribution < -0.4 is 4.90 Å². The Balaban J connectivity index is 2.37. The highest BCUT2D eigenvalue weighted by Gasteiger charge is 2.28. The summed E-state index contributed by atoms with van der Waals surface area (Å²) >= 11 is 0. The van der Waals surface area contributed by atoms with Crippen LogP contribution in [0.25, 0.3) is 6.08 Å². The lowest BCUT2D eigenvalue weighted by molar-refractivity contribution is -0.131. The summed E-state index contributed by atoms with van der Waals surface area (Å²) in [6.07, 6.45) is 4.65. The lowest BCUT2D eigenvalue weighted by Gasteiger charge is -2.40.